The second kappa shape index (κ2) is 10.2. The number of carbonyl (C=O) groups is 1. The van der Waals surface area contributed by atoms with Crippen LogP contribution in [0.5, 0.6) is 11.6 Å². The highest BCUT2D eigenvalue weighted by Crippen LogP contribution is 2.38. The first-order chi connectivity index (χ1) is 15.1. The number of hydrogen-bond donors (Lipinski definition) is 0. The van der Waals surface area contributed by atoms with Gasteiger partial charge >= 0.3 is 6.18 Å². The van der Waals surface area contributed by atoms with E-state index in [2.05, 4.69) is 4.98 Å². The number of halogens is 3. The van der Waals surface area contributed by atoms with Crippen LogP contribution in [0.25, 0.3) is 0 Å². The number of hydrogen-bond acceptors (Lipinski definition) is 4. The van der Waals surface area contributed by atoms with Crippen molar-refractivity contribution in [2.24, 2.45) is 5.92 Å². The van der Waals surface area contributed by atoms with Gasteiger partial charge < -0.3 is 4.74 Å². The quantitative estimate of drug-likeness (QED) is 0.364. The molecular weight excluding hydrogens is 435 g/mol. The van der Waals surface area contributed by atoms with Gasteiger partial charge in [0.1, 0.15) is 5.75 Å². The van der Waals surface area contributed by atoms with Gasteiger partial charge in [-0.3, -0.25) is 4.79 Å². The summed E-state index contributed by atoms with van der Waals surface area (Å²) >= 11 is 1.13. The minimum Gasteiger partial charge on any atom is -0.439 e. The molecule has 0 fully saturated rings. The summed E-state index contributed by atoms with van der Waals surface area (Å²) in [6, 6.07) is 19.5. The molecule has 2 atom stereocenters. The summed E-state index contributed by atoms with van der Waals surface area (Å²) in [7, 11) is 0. The number of benzene rings is 2. The number of rotatable bonds is 7. The summed E-state index contributed by atoms with van der Waals surface area (Å²) in [6.45, 7) is 5.65. The lowest BCUT2D eigenvalue weighted by Gasteiger charge is -2.22. The van der Waals surface area contributed by atoms with Gasteiger partial charge in [-0.1, -0.05) is 62.0 Å². The minimum atomic E-state index is -4.41. The first-order valence-electron chi connectivity index (χ1n) is 10.2. The largest absolute Gasteiger partial charge is 0.439 e. The van der Waals surface area contributed by atoms with Gasteiger partial charge in [0.15, 0.2) is 5.12 Å². The van der Waals surface area contributed by atoms with Crippen LogP contribution in [-0.2, 0) is 11.0 Å². The van der Waals surface area contributed by atoms with Gasteiger partial charge in [-0.05, 0) is 48.7 Å². The maximum atomic E-state index is 13.1. The van der Waals surface area contributed by atoms with Crippen LogP contribution < -0.4 is 4.74 Å². The number of thioether (sulfide) groups is 1. The van der Waals surface area contributed by atoms with E-state index in [-0.39, 0.29) is 16.3 Å². The Morgan fingerprint density at radius 1 is 0.906 bits per heavy atom. The molecule has 3 nitrogen and oxygen atoms in total. The molecule has 0 amide bonds. The Kier molecular flexibility index (Phi) is 7.61. The normalized spacial score (nSPS) is 13.6. The van der Waals surface area contributed by atoms with Gasteiger partial charge in [0.2, 0.25) is 5.88 Å². The molecule has 1 unspecified atom stereocenters. The van der Waals surface area contributed by atoms with Crippen molar-refractivity contribution in [2.45, 2.75) is 38.1 Å². The predicted octanol–water partition coefficient (Wildman–Crippen LogP) is 7.65. The average molecular weight is 460 g/mol. The Balaban J connectivity index is 1.73. The van der Waals surface area contributed by atoms with Crippen molar-refractivity contribution in [3.63, 3.8) is 0 Å². The molecule has 0 radical (unpaired) electrons. The Morgan fingerprint density at radius 2 is 1.56 bits per heavy atom. The molecule has 0 bridgehead atoms. The highest BCUT2D eigenvalue weighted by Gasteiger charge is 2.32. The Hall–Kier alpha value is -2.80. The summed E-state index contributed by atoms with van der Waals surface area (Å²) in [4.78, 5) is 17.6. The van der Waals surface area contributed by atoms with Crippen LogP contribution in [0.2, 0.25) is 0 Å². The molecule has 7 heteroatoms. The van der Waals surface area contributed by atoms with Crippen molar-refractivity contribution in [2.75, 3.05) is 0 Å². The predicted molar refractivity (Wildman–Crippen MR) is 121 cm³/mol. The van der Waals surface area contributed by atoms with E-state index in [4.69, 9.17) is 4.74 Å². The standard InChI is InChI=1S/C25H24F3NO2S/c1-16(2)23(18-12-14-19(15-13-18)25(26,27)28)24(30)32-17(3)21-10-7-11-22(29-21)31-20-8-5-4-6-9-20/h4-17,23H,1-3H3/t17-,23?/m0/s1. The van der Waals surface area contributed by atoms with Crippen molar-refractivity contribution in [1.29, 1.82) is 0 Å². The molecule has 0 saturated heterocycles. The average Bonchev–Trinajstić information content (AvgIpc) is 2.74. The molecule has 1 aromatic heterocycles. The van der Waals surface area contributed by atoms with Crippen LogP contribution in [0.1, 0.15) is 48.8 Å². The zero-order valence-electron chi connectivity index (χ0n) is 18.0. The molecule has 3 rings (SSSR count). The molecule has 0 spiro atoms. The molecule has 3 aromatic rings. The third-order valence-electron chi connectivity index (χ3n) is 4.94. The molecule has 0 aliphatic carbocycles. The van der Waals surface area contributed by atoms with Crippen molar-refractivity contribution in [1.82, 2.24) is 4.98 Å². The van der Waals surface area contributed by atoms with Crippen LogP contribution in [0.15, 0.2) is 72.8 Å². The maximum Gasteiger partial charge on any atom is 0.416 e. The number of alkyl halides is 3. The second-order valence-electron chi connectivity index (χ2n) is 7.74. The van der Waals surface area contributed by atoms with Gasteiger partial charge in [0, 0.05) is 6.07 Å². The fraction of sp³-hybridized carbons (Fsp3) is 0.280. The maximum absolute atomic E-state index is 13.1. The third kappa shape index (κ3) is 6.13. The van der Waals surface area contributed by atoms with Gasteiger partial charge in [-0.2, -0.15) is 13.2 Å². The molecule has 0 saturated carbocycles. The summed E-state index contributed by atoms with van der Waals surface area (Å²) in [6.07, 6.45) is -4.41. The topological polar surface area (TPSA) is 39.2 Å². The zero-order valence-corrected chi connectivity index (χ0v) is 18.8. The van der Waals surface area contributed by atoms with Crippen LogP contribution in [0, 0.1) is 5.92 Å². The molecular formula is C25H24F3NO2S. The lowest BCUT2D eigenvalue weighted by atomic mass is 9.89. The number of pyridine rings is 1. The number of aromatic nitrogens is 1. The smallest absolute Gasteiger partial charge is 0.416 e. The van der Waals surface area contributed by atoms with Gasteiger partial charge in [-0.25, -0.2) is 4.98 Å². The van der Waals surface area contributed by atoms with E-state index in [0.717, 1.165) is 23.9 Å². The number of carbonyl (C=O) groups excluding carboxylic acids is 1. The molecule has 32 heavy (non-hydrogen) atoms. The van der Waals surface area contributed by atoms with Crippen molar-refractivity contribution < 1.29 is 22.7 Å². The Labute approximate surface area is 190 Å². The van der Waals surface area contributed by atoms with Gasteiger partial charge in [0.25, 0.3) is 0 Å². The fourth-order valence-corrected chi connectivity index (χ4v) is 4.46. The van der Waals surface area contributed by atoms with Crippen molar-refractivity contribution >= 4 is 16.9 Å². The van der Waals surface area contributed by atoms with Gasteiger partial charge in [0.05, 0.1) is 22.4 Å². The van der Waals surface area contributed by atoms with E-state index < -0.39 is 17.7 Å². The number of nitrogens with zero attached hydrogens (tertiary/aromatic N) is 1. The van der Waals surface area contributed by atoms with Crippen LogP contribution in [0.4, 0.5) is 13.2 Å². The summed E-state index contributed by atoms with van der Waals surface area (Å²) in [5.41, 5.74) is 0.537. The Morgan fingerprint density at radius 3 is 2.16 bits per heavy atom. The van der Waals surface area contributed by atoms with Crippen molar-refractivity contribution in [3.05, 3.63) is 89.6 Å². The van der Waals surface area contributed by atoms with Crippen LogP contribution in [-0.4, -0.2) is 10.1 Å². The SMILES string of the molecule is CC(C)C(C(=O)S[C@@H](C)c1cccc(Oc2ccccc2)n1)c1ccc(C(F)(F)F)cc1. The molecule has 1 heterocycles. The summed E-state index contributed by atoms with van der Waals surface area (Å²) in [5.74, 6) is 0.501. The van der Waals surface area contributed by atoms with E-state index in [9.17, 15) is 18.0 Å². The molecule has 0 aliphatic rings. The first kappa shape index (κ1) is 23.9. The van der Waals surface area contributed by atoms with E-state index in [0.29, 0.717) is 22.9 Å². The summed E-state index contributed by atoms with van der Waals surface area (Å²) < 4.78 is 44.4. The first-order valence-corrected chi connectivity index (χ1v) is 11.1. The molecule has 0 aliphatic heterocycles. The van der Waals surface area contributed by atoms with Gasteiger partial charge in [-0.15, -0.1) is 0 Å². The van der Waals surface area contributed by atoms with Crippen molar-refractivity contribution in [3.8, 4) is 11.6 Å². The summed E-state index contributed by atoms with van der Waals surface area (Å²) in [5, 5.41) is -0.360. The zero-order chi connectivity index (χ0) is 23.3. The lowest BCUT2D eigenvalue weighted by Crippen LogP contribution is -2.17. The number of ether oxygens (including phenoxy) is 1. The third-order valence-corrected chi connectivity index (χ3v) is 6.02. The second-order valence-corrected chi connectivity index (χ2v) is 9.08. The van der Waals surface area contributed by atoms with Crippen LogP contribution >= 0.6 is 11.8 Å². The lowest BCUT2D eigenvalue weighted by molar-refractivity contribution is -0.137. The molecule has 168 valence electrons. The van der Waals surface area contributed by atoms with E-state index >= 15 is 0 Å². The Bertz CT molecular complexity index is 1040. The van der Waals surface area contributed by atoms with Crippen LogP contribution in [0.3, 0.4) is 0 Å². The monoisotopic (exact) mass is 459 g/mol. The van der Waals surface area contributed by atoms with E-state index in [1.807, 2.05) is 63.2 Å². The fourth-order valence-electron chi connectivity index (χ4n) is 3.30. The minimum absolute atomic E-state index is 0.0698. The number of para-hydroxylation sites is 1. The van der Waals surface area contributed by atoms with E-state index in [1.165, 1.54) is 12.1 Å². The highest BCUT2D eigenvalue weighted by atomic mass is 32.2. The van der Waals surface area contributed by atoms with E-state index in [1.54, 1.807) is 6.07 Å². The molecule has 0 N–H and O–H groups in total. The highest BCUT2D eigenvalue weighted by molar-refractivity contribution is 8.13. The molecule has 2 aromatic carbocycles.